The minimum absolute atomic E-state index is 0.0971. The Balaban J connectivity index is 1.55. The van der Waals surface area contributed by atoms with E-state index in [9.17, 15) is 14.4 Å². The second-order valence-electron chi connectivity index (χ2n) is 15.1. The lowest BCUT2D eigenvalue weighted by Gasteiger charge is -2.63. The average molecular weight is 525 g/mol. The minimum atomic E-state index is -0.515. The molecule has 5 rings (SSSR count). The summed E-state index contributed by atoms with van der Waals surface area (Å²) in [7, 11) is 1.49. The van der Waals surface area contributed by atoms with E-state index in [0.29, 0.717) is 5.92 Å². The van der Waals surface area contributed by atoms with E-state index in [1.807, 2.05) is 6.08 Å². The molecule has 38 heavy (non-hydrogen) atoms. The maximum absolute atomic E-state index is 14.2. The van der Waals surface area contributed by atoms with Crippen LogP contribution in [-0.2, 0) is 23.9 Å². The molecule has 0 aromatic heterocycles. The molecule has 0 heterocycles. The summed E-state index contributed by atoms with van der Waals surface area (Å²) >= 11 is 0. The summed E-state index contributed by atoms with van der Waals surface area (Å²) in [6.45, 7) is 19.8. The average Bonchev–Trinajstić information content (AvgIpc) is 3.00. The predicted octanol–water partition coefficient (Wildman–Crippen LogP) is 6.85. The second kappa shape index (κ2) is 8.54. The van der Waals surface area contributed by atoms with Crippen LogP contribution in [0.5, 0.6) is 0 Å². The molecule has 0 saturated heterocycles. The smallest absolute Gasteiger partial charge is 0.311 e. The number of ketones is 1. The van der Waals surface area contributed by atoms with Gasteiger partial charge in [0.15, 0.2) is 5.78 Å². The highest BCUT2D eigenvalue weighted by Crippen LogP contribution is 2.72. The zero-order valence-corrected chi connectivity index (χ0v) is 24.9. The Hall–Kier alpha value is -1.91. The van der Waals surface area contributed by atoms with Crippen molar-refractivity contribution in [2.24, 2.45) is 50.7 Å². The fraction of sp³-hybridized carbons (Fsp3) is 0.788. The Morgan fingerprint density at radius 3 is 2.29 bits per heavy atom. The molecule has 0 unspecified atom stereocenters. The molecule has 0 bridgehead atoms. The Morgan fingerprint density at radius 1 is 1.00 bits per heavy atom. The molecule has 0 N–H and O–H groups in total. The number of carbonyl (C=O) groups is 3. The lowest BCUT2D eigenvalue weighted by Crippen LogP contribution is -2.58. The van der Waals surface area contributed by atoms with Crippen molar-refractivity contribution in [2.45, 2.75) is 106 Å². The third-order valence-corrected chi connectivity index (χ3v) is 13.0. The number of rotatable bonds is 2. The number of allylic oxidation sites excluding steroid dienone is 3. The third-order valence-electron chi connectivity index (χ3n) is 13.0. The molecule has 5 nitrogen and oxygen atoms in total. The summed E-state index contributed by atoms with van der Waals surface area (Å²) in [5, 5.41) is 0. The highest BCUT2D eigenvalue weighted by Gasteiger charge is 2.66. The van der Waals surface area contributed by atoms with Gasteiger partial charge >= 0.3 is 11.9 Å². The molecule has 0 amide bonds. The van der Waals surface area contributed by atoms with Crippen molar-refractivity contribution in [3.8, 4) is 0 Å². The number of ether oxygens (including phenoxy) is 2. The number of methoxy groups -OCH3 is 1. The monoisotopic (exact) mass is 524 g/mol. The summed E-state index contributed by atoms with van der Waals surface area (Å²) in [5.41, 5.74) is 1.38. The molecule has 0 spiro atoms. The molecule has 0 aromatic rings. The Kier molecular flexibility index (Phi) is 6.22. The van der Waals surface area contributed by atoms with Crippen LogP contribution in [0.3, 0.4) is 0 Å². The van der Waals surface area contributed by atoms with Crippen molar-refractivity contribution in [1.82, 2.24) is 0 Å². The molecule has 9 atom stereocenters. The molecule has 0 aliphatic heterocycles. The quantitative estimate of drug-likeness (QED) is 0.292. The SMILES string of the molecule is C=C1[C@H]2C(=O)C=C3[C@@H]4C[C@@](C)(C(=O)OC)CC[C@]4(C)CC[C@@]3(C)[C@]2(C)CC[C@@H]2[C@H]1C[C@H](OC(C)=O)C2(C)C. The van der Waals surface area contributed by atoms with Crippen molar-refractivity contribution in [2.75, 3.05) is 7.11 Å². The van der Waals surface area contributed by atoms with Crippen LogP contribution in [0.15, 0.2) is 23.8 Å². The highest BCUT2D eigenvalue weighted by molar-refractivity contribution is 5.97. The van der Waals surface area contributed by atoms with E-state index in [0.717, 1.165) is 56.9 Å². The maximum atomic E-state index is 14.2. The molecule has 0 radical (unpaired) electrons. The lowest BCUT2D eigenvalue weighted by atomic mass is 9.40. The molecule has 4 fully saturated rings. The lowest BCUT2D eigenvalue weighted by molar-refractivity contribution is -0.159. The first-order valence-corrected chi connectivity index (χ1v) is 14.7. The molecule has 5 heteroatoms. The van der Waals surface area contributed by atoms with Gasteiger partial charge in [-0.25, -0.2) is 0 Å². The minimum Gasteiger partial charge on any atom is -0.469 e. The van der Waals surface area contributed by atoms with Crippen molar-refractivity contribution >= 4 is 17.7 Å². The molecule has 5 aliphatic rings. The van der Waals surface area contributed by atoms with E-state index < -0.39 is 5.41 Å². The third kappa shape index (κ3) is 3.58. The van der Waals surface area contributed by atoms with Gasteiger partial charge in [-0.2, -0.15) is 0 Å². The summed E-state index contributed by atoms with van der Waals surface area (Å²) in [4.78, 5) is 39.0. The van der Waals surface area contributed by atoms with Crippen LogP contribution in [0, 0.1) is 50.7 Å². The fourth-order valence-electron chi connectivity index (χ4n) is 10.1. The number of fused-ring (bicyclic) bond motifs is 6. The first kappa shape index (κ1) is 27.6. The van der Waals surface area contributed by atoms with E-state index >= 15 is 0 Å². The molecule has 210 valence electrons. The molecular weight excluding hydrogens is 476 g/mol. The first-order valence-electron chi connectivity index (χ1n) is 14.7. The van der Waals surface area contributed by atoms with E-state index in [1.54, 1.807) is 0 Å². The summed E-state index contributed by atoms with van der Waals surface area (Å²) in [6, 6.07) is 0. The van der Waals surface area contributed by atoms with Crippen LogP contribution in [0.4, 0.5) is 0 Å². The number of hydrogen-bond donors (Lipinski definition) is 0. The Labute approximate surface area is 229 Å². The molecule has 5 aliphatic carbocycles. The Morgan fingerprint density at radius 2 is 1.66 bits per heavy atom. The Bertz CT molecular complexity index is 1120. The van der Waals surface area contributed by atoms with E-state index in [1.165, 1.54) is 19.6 Å². The molecular formula is C33H48O5. The van der Waals surface area contributed by atoms with Crippen molar-refractivity contribution < 1.29 is 23.9 Å². The zero-order chi connectivity index (χ0) is 28.1. The highest BCUT2D eigenvalue weighted by atomic mass is 16.5. The second-order valence-corrected chi connectivity index (χ2v) is 15.1. The standard InChI is InChI=1S/C33H48O5/c1-19-21-16-26(38-20(2)34)29(3,4)22(21)10-11-33(8)27(19)25(35)17-23-24-18-31(6,28(36)37-9)13-12-30(24,5)14-15-32(23,33)7/h17,21-22,24,26-27H,1,10-16,18H2,2-9H3/t21-,22+,24-,26-,27-,30+,31-,32+,33+/m0/s1. The van der Waals surface area contributed by atoms with Gasteiger partial charge in [-0.05, 0) is 98.4 Å². The van der Waals surface area contributed by atoms with Gasteiger partial charge in [0.05, 0.1) is 12.5 Å². The topological polar surface area (TPSA) is 69.7 Å². The molecule has 0 aromatic carbocycles. The van der Waals surface area contributed by atoms with Crippen LogP contribution < -0.4 is 0 Å². The van der Waals surface area contributed by atoms with Crippen LogP contribution in [0.2, 0.25) is 0 Å². The normalized spacial score (nSPS) is 47.5. The van der Waals surface area contributed by atoms with Crippen LogP contribution in [0.25, 0.3) is 0 Å². The molecule has 4 saturated carbocycles. The van der Waals surface area contributed by atoms with Crippen LogP contribution in [-0.4, -0.2) is 30.9 Å². The van der Waals surface area contributed by atoms with Gasteiger partial charge in [-0.15, -0.1) is 0 Å². The van der Waals surface area contributed by atoms with E-state index in [2.05, 4.69) is 48.1 Å². The number of carbonyl (C=O) groups excluding carboxylic acids is 3. The summed E-state index contributed by atoms with van der Waals surface area (Å²) in [5.74, 6) is 0.302. The van der Waals surface area contributed by atoms with Gasteiger partial charge in [0.2, 0.25) is 0 Å². The number of esters is 2. The van der Waals surface area contributed by atoms with Crippen molar-refractivity contribution in [3.63, 3.8) is 0 Å². The first-order chi connectivity index (χ1) is 17.5. The predicted molar refractivity (Wildman–Crippen MR) is 147 cm³/mol. The van der Waals surface area contributed by atoms with Gasteiger partial charge in [0, 0.05) is 18.3 Å². The zero-order valence-electron chi connectivity index (χ0n) is 24.9. The fourth-order valence-corrected chi connectivity index (χ4v) is 10.1. The maximum Gasteiger partial charge on any atom is 0.311 e. The van der Waals surface area contributed by atoms with Crippen LogP contribution >= 0.6 is 0 Å². The largest absolute Gasteiger partial charge is 0.469 e. The van der Waals surface area contributed by atoms with Crippen molar-refractivity contribution in [3.05, 3.63) is 23.8 Å². The van der Waals surface area contributed by atoms with Crippen LogP contribution in [0.1, 0.15) is 99.8 Å². The van der Waals surface area contributed by atoms with Gasteiger partial charge < -0.3 is 9.47 Å². The summed E-state index contributed by atoms with van der Waals surface area (Å²) < 4.78 is 11.1. The van der Waals surface area contributed by atoms with Gasteiger partial charge in [-0.1, -0.05) is 52.3 Å². The summed E-state index contributed by atoms with van der Waals surface area (Å²) in [6.07, 6.45) is 9.27. The number of hydrogen-bond acceptors (Lipinski definition) is 5. The van der Waals surface area contributed by atoms with E-state index in [4.69, 9.17) is 9.47 Å². The van der Waals surface area contributed by atoms with E-state index in [-0.39, 0.29) is 63.2 Å². The van der Waals surface area contributed by atoms with Gasteiger partial charge in [0.25, 0.3) is 0 Å². The van der Waals surface area contributed by atoms with Crippen molar-refractivity contribution in [1.29, 1.82) is 0 Å². The van der Waals surface area contributed by atoms with Gasteiger partial charge in [0.1, 0.15) is 6.10 Å². The van der Waals surface area contributed by atoms with Gasteiger partial charge in [-0.3, -0.25) is 14.4 Å².